The summed E-state index contributed by atoms with van der Waals surface area (Å²) in [5.74, 6) is -0.190. The lowest BCUT2D eigenvalue weighted by molar-refractivity contribution is -0.0523. The molecule has 0 rings (SSSR count). The van der Waals surface area contributed by atoms with Crippen LogP contribution >= 0.6 is 0 Å². The number of halogens is 3. The summed E-state index contributed by atoms with van der Waals surface area (Å²) < 4.78 is 60.4. The van der Waals surface area contributed by atoms with Crippen LogP contribution < -0.4 is 0 Å². The third kappa shape index (κ3) is 3.57. The Morgan fingerprint density at radius 3 is 2.21 bits per heavy atom. The second-order valence-electron chi connectivity index (χ2n) is 2.49. The first-order valence-electron chi connectivity index (χ1n) is 3.90. The molecular formula is C7H11F3O3S. The van der Waals surface area contributed by atoms with Crippen LogP contribution in [0.2, 0.25) is 0 Å². The SMILES string of the molecule is CC=C(CCC)OS(=O)(=O)C(F)(F)F. The highest BCUT2D eigenvalue weighted by Gasteiger charge is 2.48. The molecule has 84 valence electrons. The molecule has 0 aromatic heterocycles. The van der Waals surface area contributed by atoms with Crippen LogP contribution in [0.5, 0.6) is 0 Å². The van der Waals surface area contributed by atoms with E-state index >= 15 is 0 Å². The first-order valence-corrected chi connectivity index (χ1v) is 5.31. The lowest BCUT2D eigenvalue weighted by Crippen LogP contribution is -2.25. The first-order chi connectivity index (χ1) is 6.24. The van der Waals surface area contributed by atoms with Crippen molar-refractivity contribution in [2.24, 2.45) is 0 Å². The van der Waals surface area contributed by atoms with E-state index in [-0.39, 0.29) is 12.2 Å². The predicted octanol–water partition coefficient (Wildman–Crippen LogP) is 2.56. The lowest BCUT2D eigenvalue weighted by atomic mass is 10.3. The maximum Gasteiger partial charge on any atom is 0.534 e. The van der Waals surface area contributed by atoms with E-state index in [0.29, 0.717) is 6.42 Å². The summed E-state index contributed by atoms with van der Waals surface area (Å²) in [5, 5.41) is 0. The van der Waals surface area contributed by atoms with Crippen LogP contribution in [0, 0.1) is 0 Å². The molecule has 0 N–H and O–H groups in total. The van der Waals surface area contributed by atoms with Crippen molar-refractivity contribution >= 4 is 10.1 Å². The molecule has 7 heteroatoms. The summed E-state index contributed by atoms with van der Waals surface area (Å²) in [5.41, 5.74) is -5.37. The molecule has 0 spiro atoms. The smallest absolute Gasteiger partial charge is 0.381 e. The molecule has 0 aromatic carbocycles. The molecule has 0 radical (unpaired) electrons. The fraction of sp³-hybridized carbons (Fsp3) is 0.714. The van der Waals surface area contributed by atoms with Crippen LogP contribution in [-0.2, 0) is 14.3 Å². The Bertz CT molecular complexity index is 303. The van der Waals surface area contributed by atoms with Gasteiger partial charge < -0.3 is 4.18 Å². The van der Waals surface area contributed by atoms with Gasteiger partial charge in [0.25, 0.3) is 0 Å². The van der Waals surface area contributed by atoms with Crippen LogP contribution in [0.1, 0.15) is 26.7 Å². The molecule has 0 aliphatic rings. The van der Waals surface area contributed by atoms with Gasteiger partial charge in [-0.25, -0.2) is 0 Å². The summed E-state index contributed by atoms with van der Waals surface area (Å²) in [7, 11) is -5.50. The number of alkyl halides is 3. The van der Waals surface area contributed by atoms with Gasteiger partial charge in [0.2, 0.25) is 0 Å². The van der Waals surface area contributed by atoms with Gasteiger partial charge in [-0.1, -0.05) is 6.92 Å². The Balaban J connectivity index is 4.68. The van der Waals surface area contributed by atoms with Crippen molar-refractivity contribution in [3.8, 4) is 0 Å². The van der Waals surface area contributed by atoms with E-state index in [9.17, 15) is 21.6 Å². The number of allylic oxidation sites excluding steroid dienone is 2. The molecule has 0 aromatic rings. The standard InChI is InChI=1S/C7H11F3O3S/c1-3-5-6(4-2)13-14(11,12)7(8,9)10/h4H,3,5H2,1-2H3. The maximum atomic E-state index is 11.8. The first kappa shape index (κ1) is 13.3. The molecule has 0 heterocycles. The Kier molecular flexibility index (Phi) is 4.44. The van der Waals surface area contributed by atoms with Gasteiger partial charge in [0.15, 0.2) is 0 Å². The zero-order valence-electron chi connectivity index (χ0n) is 7.76. The van der Waals surface area contributed by atoms with E-state index in [4.69, 9.17) is 0 Å². The van der Waals surface area contributed by atoms with Crippen molar-refractivity contribution in [2.75, 3.05) is 0 Å². The Morgan fingerprint density at radius 1 is 1.43 bits per heavy atom. The van der Waals surface area contributed by atoms with Crippen molar-refractivity contribution in [3.05, 3.63) is 11.8 Å². The quantitative estimate of drug-likeness (QED) is 0.425. The van der Waals surface area contributed by atoms with E-state index in [0.717, 1.165) is 0 Å². The van der Waals surface area contributed by atoms with Crippen LogP contribution in [0.15, 0.2) is 11.8 Å². The van der Waals surface area contributed by atoms with Crippen molar-refractivity contribution in [3.63, 3.8) is 0 Å². The minimum Gasteiger partial charge on any atom is -0.381 e. The van der Waals surface area contributed by atoms with Crippen molar-refractivity contribution in [2.45, 2.75) is 32.2 Å². The highest BCUT2D eigenvalue weighted by molar-refractivity contribution is 7.87. The number of hydrogen-bond acceptors (Lipinski definition) is 3. The van der Waals surface area contributed by atoms with Gasteiger partial charge in [0, 0.05) is 6.42 Å². The van der Waals surface area contributed by atoms with Crippen LogP contribution in [0.25, 0.3) is 0 Å². The van der Waals surface area contributed by atoms with Gasteiger partial charge >= 0.3 is 15.6 Å². The molecule has 0 atom stereocenters. The molecule has 0 amide bonds. The molecule has 3 nitrogen and oxygen atoms in total. The topological polar surface area (TPSA) is 43.4 Å². The minimum atomic E-state index is -5.50. The van der Waals surface area contributed by atoms with Gasteiger partial charge in [0.05, 0.1) is 0 Å². The van der Waals surface area contributed by atoms with E-state index in [1.165, 1.54) is 13.0 Å². The maximum absolute atomic E-state index is 11.8. The molecule has 0 unspecified atom stereocenters. The largest absolute Gasteiger partial charge is 0.534 e. The number of hydrogen-bond donors (Lipinski definition) is 0. The van der Waals surface area contributed by atoms with Gasteiger partial charge in [0.1, 0.15) is 5.76 Å². The van der Waals surface area contributed by atoms with Crippen LogP contribution in [-0.4, -0.2) is 13.9 Å². The predicted molar refractivity (Wildman–Crippen MR) is 44.7 cm³/mol. The third-order valence-electron chi connectivity index (χ3n) is 1.32. The molecule has 0 fully saturated rings. The Labute approximate surface area is 80.7 Å². The normalized spacial score (nSPS) is 14.2. The summed E-state index contributed by atoms with van der Waals surface area (Å²) >= 11 is 0. The lowest BCUT2D eigenvalue weighted by Gasteiger charge is -2.11. The van der Waals surface area contributed by atoms with E-state index < -0.39 is 15.6 Å². The zero-order valence-corrected chi connectivity index (χ0v) is 8.57. The molecule has 0 aliphatic heterocycles. The highest BCUT2D eigenvalue weighted by Crippen LogP contribution is 2.27. The van der Waals surface area contributed by atoms with Gasteiger partial charge in [-0.2, -0.15) is 21.6 Å². The van der Waals surface area contributed by atoms with Crippen molar-refractivity contribution in [1.29, 1.82) is 0 Å². The second kappa shape index (κ2) is 4.68. The molecule has 0 saturated heterocycles. The van der Waals surface area contributed by atoms with Gasteiger partial charge in [-0.05, 0) is 19.4 Å². The van der Waals surface area contributed by atoms with Gasteiger partial charge in [-0.15, -0.1) is 0 Å². The van der Waals surface area contributed by atoms with Crippen LogP contribution in [0.3, 0.4) is 0 Å². The summed E-state index contributed by atoms with van der Waals surface area (Å²) in [6, 6.07) is 0. The van der Waals surface area contributed by atoms with E-state index in [1.807, 2.05) is 0 Å². The van der Waals surface area contributed by atoms with Crippen molar-refractivity contribution in [1.82, 2.24) is 0 Å². The average molecular weight is 232 g/mol. The monoisotopic (exact) mass is 232 g/mol. The highest BCUT2D eigenvalue weighted by atomic mass is 32.2. The molecule has 14 heavy (non-hydrogen) atoms. The third-order valence-corrected chi connectivity index (χ3v) is 2.32. The second-order valence-corrected chi connectivity index (χ2v) is 4.03. The average Bonchev–Trinajstić information content (AvgIpc) is 2.01. The minimum absolute atomic E-state index is 0.159. The molecule has 0 saturated carbocycles. The summed E-state index contributed by atoms with van der Waals surface area (Å²) in [6.45, 7) is 3.12. The fourth-order valence-corrected chi connectivity index (χ4v) is 1.22. The van der Waals surface area contributed by atoms with Crippen LogP contribution in [0.4, 0.5) is 13.2 Å². The molecular weight excluding hydrogens is 221 g/mol. The summed E-state index contributed by atoms with van der Waals surface area (Å²) in [6.07, 6.45) is 1.87. The number of rotatable bonds is 4. The van der Waals surface area contributed by atoms with E-state index in [1.54, 1.807) is 6.92 Å². The summed E-state index contributed by atoms with van der Waals surface area (Å²) in [4.78, 5) is 0. The van der Waals surface area contributed by atoms with Crippen molar-refractivity contribution < 1.29 is 25.8 Å². The Morgan fingerprint density at radius 2 is 1.93 bits per heavy atom. The zero-order chi connectivity index (χ0) is 11.4. The molecule has 0 bridgehead atoms. The molecule has 0 aliphatic carbocycles. The van der Waals surface area contributed by atoms with E-state index in [2.05, 4.69) is 4.18 Å². The Hall–Kier alpha value is -0.720. The van der Waals surface area contributed by atoms with Gasteiger partial charge in [-0.3, -0.25) is 0 Å². The fourth-order valence-electron chi connectivity index (χ4n) is 0.669.